The summed E-state index contributed by atoms with van der Waals surface area (Å²) in [5, 5.41) is 0. The molecule has 0 saturated carbocycles. The van der Waals surface area contributed by atoms with E-state index in [4.69, 9.17) is 4.74 Å². The molecule has 0 amide bonds. The fourth-order valence-corrected chi connectivity index (χ4v) is 2.16. The summed E-state index contributed by atoms with van der Waals surface area (Å²) in [6, 6.07) is 12.6. The zero-order chi connectivity index (χ0) is 11.1. The molecule has 2 aromatic rings. The molecule has 0 aromatic heterocycles. The summed E-state index contributed by atoms with van der Waals surface area (Å²) in [6.07, 6.45) is 0.979. The Morgan fingerprint density at radius 2 is 1.62 bits per heavy atom. The summed E-state index contributed by atoms with van der Waals surface area (Å²) < 4.78 is 5.91. The second kappa shape index (κ2) is 3.38. The predicted octanol–water partition coefficient (Wildman–Crippen LogP) is 4.00. The summed E-state index contributed by atoms with van der Waals surface area (Å²) in [4.78, 5) is 0. The Morgan fingerprint density at radius 3 is 2.50 bits per heavy atom. The minimum absolute atomic E-state index is 0.979. The van der Waals surface area contributed by atoms with Gasteiger partial charge in [0.2, 0.25) is 0 Å². The Hall–Kier alpha value is -1.76. The SMILES string of the molecule is Cc1cc2c(cc1C)Oc1ccccc1C2. The van der Waals surface area contributed by atoms with Gasteiger partial charge in [0.15, 0.2) is 0 Å². The minimum atomic E-state index is 0.979. The van der Waals surface area contributed by atoms with Crippen LogP contribution in [0.4, 0.5) is 0 Å². The van der Waals surface area contributed by atoms with Crippen LogP contribution in [0.5, 0.6) is 11.5 Å². The highest BCUT2D eigenvalue weighted by Crippen LogP contribution is 2.37. The van der Waals surface area contributed by atoms with E-state index in [9.17, 15) is 0 Å². The van der Waals surface area contributed by atoms with Crippen molar-refractivity contribution in [3.8, 4) is 11.5 Å². The van der Waals surface area contributed by atoms with E-state index in [0.29, 0.717) is 0 Å². The molecule has 0 saturated heterocycles. The molecule has 0 bridgehead atoms. The Kier molecular flexibility index (Phi) is 2.00. The Bertz CT molecular complexity index is 505. The lowest BCUT2D eigenvalue weighted by Crippen LogP contribution is -2.03. The lowest BCUT2D eigenvalue weighted by molar-refractivity contribution is 0.459. The van der Waals surface area contributed by atoms with E-state index in [-0.39, 0.29) is 0 Å². The number of ether oxygens (including phenoxy) is 1. The molecule has 80 valence electrons. The van der Waals surface area contributed by atoms with Gasteiger partial charge >= 0.3 is 0 Å². The normalized spacial score (nSPS) is 12.6. The van der Waals surface area contributed by atoms with Crippen molar-refractivity contribution in [2.24, 2.45) is 0 Å². The summed E-state index contributed by atoms with van der Waals surface area (Å²) in [7, 11) is 0. The monoisotopic (exact) mass is 210 g/mol. The van der Waals surface area contributed by atoms with Gasteiger partial charge in [-0.1, -0.05) is 24.3 Å². The molecule has 1 aliphatic heterocycles. The van der Waals surface area contributed by atoms with Crippen molar-refractivity contribution < 1.29 is 4.74 Å². The highest BCUT2D eigenvalue weighted by atomic mass is 16.5. The topological polar surface area (TPSA) is 9.23 Å². The van der Waals surface area contributed by atoms with Crippen molar-refractivity contribution in [1.29, 1.82) is 0 Å². The lowest BCUT2D eigenvalue weighted by atomic mass is 9.97. The molecule has 1 nitrogen and oxygen atoms in total. The summed E-state index contributed by atoms with van der Waals surface area (Å²) in [6.45, 7) is 4.27. The first-order valence-electron chi connectivity index (χ1n) is 5.60. The van der Waals surface area contributed by atoms with Gasteiger partial charge in [-0.2, -0.15) is 0 Å². The third-order valence-electron chi connectivity index (χ3n) is 3.25. The average molecular weight is 210 g/mol. The molecule has 2 aromatic carbocycles. The Labute approximate surface area is 95.7 Å². The number of benzene rings is 2. The maximum absolute atomic E-state index is 5.91. The van der Waals surface area contributed by atoms with Gasteiger partial charge in [-0.05, 0) is 48.2 Å². The molecule has 0 radical (unpaired) electrons. The molecule has 16 heavy (non-hydrogen) atoms. The highest BCUT2D eigenvalue weighted by Gasteiger charge is 2.16. The van der Waals surface area contributed by atoms with E-state index in [1.165, 1.54) is 22.3 Å². The molecular weight excluding hydrogens is 196 g/mol. The molecule has 0 spiro atoms. The Balaban J connectivity index is 2.12. The highest BCUT2D eigenvalue weighted by molar-refractivity contribution is 5.52. The van der Waals surface area contributed by atoms with Gasteiger partial charge < -0.3 is 4.74 Å². The molecule has 1 heterocycles. The van der Waals surface area contributed by atoms with E-state index in [1.54, 1.807) is 0 Å². The van der Waals surface area contributed by atoms with Crippen LogP contribution in [0, 0.1) is 13.8 Å². The van der Waals surface area contributed by atoms with Gasteiger partial charge in [-0.3, -0.25) is 0 Å². The van der Waals surface area contributed by atoms with E-state index in [2.05, 4.69) is 38.1 Å². The smallest absolute Gasteiger partial charge is 0.131 e. The first kappa shape index (κ1) is 9.46. The van der Waals surface area contributed by atoms with Gasteiger partial charge in [0.05, 0.1) is 0 Å². The van der Waals surface area contributed by atoms with Crippen molar-refractivity contribution in [2.75, 3.05) is 0 Å². The van der Waals surface area contributed by atoms with Crippen LogP contribution in [0.2, 0.25) is 0 Å². The number of rotatable bonds is 0. The van der Waals surface area contributed by atoms with Gasteiger partial charge in [-0.25, -0.2) is 0 Å². The molecule has 0 unspecified atom stereocenters. The molecule has 0 atom stereocenters. The Morgan fingerprint density at radius 1 is 0.875 bits per heavy atom. The maximum atomic E-state index is 5.91. The van der Waals surface area contributed by atoms with Crippen molar-refractivity contribution in [3.05, 3.63) is 58.7 Å². The number of hydrogen-bond donors (Lipinski definition) is 0. The standard InChI is InChI=1S/C15H14O/c1-10-7-13-9-12-5-3-4-6-14(12)16-15(13)8-11(10)2/h3-8H,9H2,1-2H3. The summed E-state index contributed by atoms with van der Waals surface area (Å²) >= 11 is 0. The molecular formula is C15H14O. The van der Waals surface area contributed by atoms with Crippen LogP contribution < -0.4 is 4.74 Å². The third kappa shape index (κ3) is 1.40. The molecule has 1 aliphatic rings. The lowest BCUT2D eigenvalue weighted by Gasteiger charge is -2.21. The predicted molar refractivity (Wildman–Crippen MR) is 65.2 cm³/mol. The second-order valence-corrected chi connectivity index (χ2v) is 4.43. The number of para-hydroxylation sites is 1. The maximum Gasteiger partial charge on any atom is 0.131 e. The van der Waals surface area contributed by atoms with Crippen LogP contribution in [0.25, 0.3) is 0 Å². The van der Waals surface area contributed by atoms with Crippen LogP contribution >= 0.6 is 0 Å². The largest absolute Gasteiger partial charge is 0.457 e. The fraction of sp³-hybridized carbons (Fsp3) is 0.200. The van der Waals surface area contributed by atoms with Gasteiger partial charge in [0.1, 0.15) is 11.5 Å². The van der Waals surface area contributed by atoms with Crippen LogP contribution in [0.1, 0.15) is 22.3 Å². The van der Waals surface area contributed by atoms with Gasteiger partial charge in [0, 0.05) is 6.42 Å². The number of aryl methyl sites for hydroxylation is 2. The van der Waals surface area contributed by atoms with Crippen molar-refractivity contribution in [3.63, 3.8) is 0 Å². The number of fused-ring (bicyclic) bond motifs is 2. The first-order valence-corrected chi connectivity index (χ1v) is 5.60. The molecule has 1 heteroatoms. The first-order chi connectivity index (χ1) is 7.74. The molecule has 0 fully saturated rings. The number of hydrogen-bond acceptors (Lipinski definition) is 1. The molecule has 3 rings (SSSR count). The molecule has 0 aliphatic carbocycles. The van der Waals surface area contributed by atoms with E-state index in [0.717, 1.165) is 17.9 Å². The van der Waals surface area contributed by atoms with Crippen molar-refractivity contribution in [2.45, 2.75) is 20.3 Å². The van der Waals surface area contributed by atoms with Crippen LogP contribution in [-0.2, 0) is 6.42 Å². The minimum Gasteiger partial charge on any atom is -0.457 e. The third-order valence-corrected chi connectivity index (χ3v) is 3.25. The van der Waals surface area contributed by atoms with Crippen LogP contribution in [0.3, 0.4) is 0 Å². The summed E-state index contributed by atoms with van der Waals surface area (Å²) in [5.74, 6) is 2.01. The second-order valence-electron chi connectivity index (χ2n) is 4.43. The van der Waals surface area contributed by atoms with Gasteiger partial charge in [-0.15, -0.1) is 0 Å². The van der Waals surface area contributed by atoms with Crippen LogP contribution in [-0.4, -0.2) is 0 Å². The quantitative estimate of drug-likeness (QED) is 0.545. The van der Waals surface area contributed by atoms with Gasteiger partial charge in [0.25, 0.3) is 0 Å². The van der Waals surface area contributed by atoms with E-state index >= 15 is 0 Å². The van der Waals surface area contributed by atoms with E-state index < -0.39 is 0 Å². The average Bonchev–Trinajstić information content (AvgIpc) is 2.28. The summed E-state index contributed by atoms with van der Waals surface area (Å²) in [5.41, 5.74) is 5.19. The fourth-order valence-electron chi connectivity index (χ4n) is 2.16. The van der Waals surface area contributed by atoms with Crippen molar-refractivity contribution in [1.82, 2.24) is 0 Å². The van der Waals surface area contributed by atoms with E-state index in [1.807, 2.05) is 12.1 Å². The van der Waals surface area contributed by atoms with Crippen LogP contribution in [0.15, 0.2) is 36.4 Å². The molecule has 0 N–H and O–H groups in total. The van der Waals surface area contributed by atoms with Crippen molar-refractivity contribution >= 4 is 0 Å². The zero-order valence-electron chi connectivity index (χ0n) is 9.58. The zero-order valence-corrected chi connectivity index (χ0v) is 9.58.